The zero-order chi connectivity index (χ0) is 14.3. The molecule has 1 nitrogen and oxygen atoms in total. The second-order valence-electron chi connectivity index (χ2n) is 5.71. The Labute approximate surface area is 127 Å². The van der Waals surface area contributed by atoms with Gasteiger partial charge >= 0.3 is 0 Å². The maximum atomic E-state index is 5.70. The van der Waals surface area contributed by atoms with Gasteiger partial charge in [0.25, 0.3) is 0 Å². The molecule has 19 heavy (non-hydrogen) atoms. The van der Waals surface area contributed by atoms with E-state index in [2.05, 4.69) is 31.3 Å². The summed E-state index contributed by atoms with van der Waals surface area (Å²) >= 11 is 0. The highest BCUT2D eigenvalue weighted by molar-refractivity contribution is 6.57. The Hall–Kier alpha value is 0.394. The molecule has 3 heteroatoms. The molecule has 0 aromatic carbocycles. The van der Waals surface area contributed by atoms with Gasteiger partial charge < -0.3 is 4.12 Å². The molecule has 0 spiro atoms. The van der Waals surface area contributed by atoms with Crippen LogP contribution in [0.2, 0.25) is 11.6 Å². The van der Waals surface area contributed by atoms with Crippen LogP contribution in [0.1, 0.15) is 91.4 Å². The topological polar surface area (TPSA) is 9.23 Å². The van der Waals surface area contributed by atoms with Crippen LogP contribution in [0, 0.1) is 0 Å². The van der Waals surface area contributed by atoms with E-state index in [4.69, 9.17) is 4.12 Å². The van der Waals surface area contributed by atoms with Crippen molar-refractivity contribution in [2.24, 2.45) is 0 Å². The second-order valence-corrected chi connectivity index (χ2v) is 8.78. The molecule has 0 amide bonds. The summed E-state index contributed by atoms with van der Waals surface area (Å²) in [5.41, 5.74) is 0.850. The van der Waals surface area contributed by atoms with E-state index in [0.717, 1.165) is 5.54 Å². The van der Waals surface area contributed by atoms with Gasteiger partial charge in [-0.2, -0.15) is 0 Å². The fourth-order valence-electron chi connectivity index (χ4n) is 2.68. The second kappa shape index (κ2) is 14.8. The highest BCUT2D eigenvalue weighted by Crippen LogP contribution is 2.28. The van der Waals surface area contributed by atoms with Gasteiger partial charge in [0.2, 0.25) is 19.5 Å². The molecule has 0 bridgehead atoms. The van der Waals surface area contributed by atoms with E-state index in [9.17, 15) is 0 Å². The van der Waals surface area contributed by atoms with Gasteiger partial charge in [-0.05, 0) is 11.6 Å². The zero-order valence-corrected chi connectivity index (χ0v) is 15.5. The zero-order valence-electron chi connectivity index (χ0n) is 13.5. The Balaban J connectivity index is 3.85. The Morgan fingerprint density at radius 1 is 0.789 bits per heavy atom. The van der Waals surface area contributed by atoms with E-state index in [1.54, 1.807) is 0 Å². The van der Waals surface area contributed by atoms with Crippen molar-refractivity contribution in [2.45, 2.75) is 103 Å². The number of hydrogen-bond acceptors (Lipinski definition) is 1. The van der Waals surface area contributed by atoms with Gasteiger partial charge in [0, 0.05) is 0 Å². The lowest BCUT2D eigenvalue weighted by Gasteiger charge is -2.23. The summed E-state index contributed by atoms with van der Waals surface area (Å²) in [5.74, 6) is 0. The molecular weight excluding hydrogens is 264 g/mol. The molecular formula is C16H34OSi2. The first-order valence-electron chi connectivity index (χ1n) is 8.49. The van der Waals surface area contributed by atoms with Crippen LogP contribution >= 0.6 is 0 Å². The summed E-state index contributed by atoms with van der Waals surface area (Å²) in [7, 11) is 2.73. The fourth-order valence-corrected chi connectivity index (χ4v) is 5.90. The average molecular weight is 299 g/mol. The molecule has 0 aliphatic heterocycles. The van der Waals surface area contributed by atoms with Crippen molar-refractivity contribution in [3.05, 3.63) is 0 Å². The van der Waals surface area contributed by atoms with Gasteiger partial charge in [-0.3, -0.25) is 0 Å². The normalized spacial score (nSPS) is 13.1. The predicted molar refractivity (Wildman–Crippen MR) is 89.0 cm³/mol. The Morgan fingerprint density at radius 3 is 2.00 bits per heavy atom. The number of rotatable bonds is 14. The van der Waals surface area contributed by atoms with E-state index in [0.29, 0.717) is 0 Å². The third kappa shape index (κ3) is 10.8. The lowest BCUT2D eigenvalue weighted by Crippen LogP contribution is -2.24. The summed E-state index contributed by atoms with van der Waals surface area (Å²) in [4.78, 5) is 0. The minimum Gasteiger partial charge on any atom is -0.457 e. The van der Waals surface area contributed by atoms with Crippen molar-refractivity contribution in [1.82, 2.24) is 0 Å². The van der Waals surface area contributed by atoms with Crippen LogP contribution in [-0.4, -0.2) is 19.5 Å². The summed E-state index contributed by atoms with van der Waals surface area (Å²) in [6.07, 6.45) is 15.1. The summed E-state index contributed by atoms with van der Waals surface area (Å²) < 4.78 is 5.70. The molecule has 0 fully saturated rings. The summed E-state index contributed by atoms with van der Waals surface area (Å²) in [5, 5.41) is 0. The molecule has 0 aromatic heterocycles. The molecule has 112 valence electrons. The van der Waals surface area contributed by atoms with Crippen molar-refractivity contribution < 1.29 is 4.12 Å². The smallest absolute Gasteiger partial charge is 0.229 e. The molecule has 0 saturated carbocycles. The lowest BCUT2D eigenvalue weighted by molar-refractivity contribution is 0.524. The third-order valence-corrected chi connectivity index (χ3v) is 7.29. The monoisotopic (exact) mass is 298 g/mol. The third-order valence-electron chi connectivity index (χ3n) is 3.91. The van der Waals surface area contributed by atoms with Gasteiger partial charge in [0.1, 0.15) is 0 Å². The highest BCUT2D eigenvalue weighted by atomic mass is 28.3. The first-order valence-corrected chi connectivity index (χ1v) is 10.6. The summed E-state index contributed by atoms with van der Waals surface area (Å²) in [6.45, 7) is 6.87. The van der Waals surface area contributed by atoms with E-state index in [1.807, 2.05) is 0 Å². The van der Waals surface area contributed by atoms with Crippen LogP contribution in [0.15, 0.2) is 0 Å². The summed E-state index contributed by atoms with van der Waals surface area (Å²) in [6, 6.07) is 1.33. The number of hydrogen-bond donors (Lipinski definition) is 0. The lowest BCUT2D eigenvalue weighted by atomic mass is 10.1. The van der Waals surface area contributed by atoms with E-state index < -0.39 is 9.04 Å². The van der Waals surface area contributed by atoms with Gasteiger partial charge in [-0.1, -0.05) is 91.4 Å². The minimum atomic E-state index is -0.636. The van der Waals surface area contributed by atoms with Crippen molar-refractivity contribution in [3.8, 4) is 0 Å². The average Bonchev–Trinajstić information content (AvgIpc) is 2.43. The molecule has 0 saturated heterocycles. The standard InChI is InChI=1S/C16H34OSi2/c1-4-7-9-10-11-12-15-19(17-18)16(13-6-3)14-8-5-2/h16H,4-15H2,1-3H3. The molecule has 0 aliphatic carbocycles. The maximum absolute atomic E-state index is 5.70. The van der Waals surface area contributed by atoms with Crippen molar-refractivity contribution in [1.29, 1.82) is 0 Å². The Bertz CT molecular complexity index is 176. The molecule has 0 aromatic rings. The fraction of sp³-hybridized carbons (Fsp3) is 1.00. The SMILES string of the molecule is CCCCCCCC[Si](O[Si])C(CCC)CCCC. The molecule has 1 atom stereocenters. The van der Waals surface area contributed by atoms with Gasteiger partial charge in [0.15, 0.2) is 0 Å². The van der Waals surface area contributed by atoms with Crippen molar-refractivity contribution in [2.75, 3.05) is 0 Å². The molecule has 0 aliphatic rings. The van der Waals surface area contributed by atoms with Crippen LogP contribution < -0.4 is 0 Å². The van der Waals surface area contributed by atoms with E-state index in [1.165, 1.54) is 76.7 Å². The first-order chi connectivity index (χ1) is 9.29. The molecule has 0 N–H and O–H groups in total. The molecule has 1 unspecified atom stereocenters. The largest absolute Gasteiger partial charge is 0.457 e. The maximum Gasteiger partial charge on any atom is 0.229 e. The van der Waals surface area contributed by atoms with Crippen LogP contribution in [-0.2, 0) is 4.12 Å². The van der Waals surface area contributed by atoms with Crippen LogP contribution in [0.25, 0.3) is 0 Å². The van der Waals surface area contributed by atoms with Gasteiger partial charge in [-0.15, -0.1) is 0 Å². The number of unbranched alkanes of at least 4 members (excludes halogenated alkanes) is 6. The molecule has 4 radical (unpaired) electrons. The molecule has 0 heterocycles. The van der Waals surface area contributed by atoms with E-state index in [-0.39, 0.29) is 0 Å². The Kier molecular flexibility index (Phi) is 15.1. The first kappa shape index (κ1) is 19.4. The highest BCUT2D eigenvalue weighted by Gasteiger charge is 2.22. The Morgan fingerprint density at radius 2 is 1.42 bits per heavy atom. The van der Waals surface area contributed by atoms with E-state index >= 15 is 0 Å². The predicted octanol–water partition coefficient (Wildman–Crippen LogP) is 5.80. The van der Waals surface area contributed by atoms with Crippen molar-refractivity contribution in [3.63, 3.8) is 0 Å². The van der Waals surface area contributed by atoms with Crippen LogP contribution in [0.4, 0.5) is 0 Å². The van der Waals surface area contributed by atoms with Gasteiger partial charge in [-0.25, -0.2) is 0 Å². The quantitative estimate of drug-likeness (QED) is 0.291. The minimum absolute atomic E-state index is 0.636. The van der Waals surface area contributed by atoms with Gasteiger partial charge in [0.05, 0.1) is 0 Å². The van der Waals surface area contributed by atoms with Crippen LogP contribution in [0.3, 0.4) is 0 Å². The van der Waals surface area contributed by atoms with Crippen molar-refractivity contribution >= 4 is 19.5 Å². The van der Waals surface area contributed by atoms with Crippen LogP contribution in [0.5, 0.6) is 0 Å². The molecule has 0 rings (SSSR count).